The molecule has 23 heavy (non-hydrogen) atoms. The molecule has 130 valence electrons. The number of likely N-dealkylation sites (N-methyl/N-ethyl adjacent to an activating group) is 1. The van der Waals surface area contributed by atoms with Gasteiger partial charge < -0.3 is 25.6 Å². The van der Waals surface area contributed by atoms with E-state index in [2.05, 4.69) is 27.2 Å². The second kappa shape index (κ2) is 10.7. The van der Waals surface area contributed by atoms with Crippen molar-refractivity contribution in [3.63, 3.8) is 0 Å². The Bertz CT molecular complexity index is 497. The Balaban J connectivity index is 0.00000264. The third-order valence-electron chi connectivity index (χ3n) is 3.88. The first-order chi connectivity index (χ1) is 10.7. The molecule has 0 radical (unpaired) electrons. The Hall–Kier alpha value is -1.06. The Kier molecular flexibility index (Phi) is 9.27. The van der Waals surface area contributed by atoms with Crippen LogP contribution in [0.1, 0.15) is 6.42 Å². The number of aliphatic imine (C=N–C) groups is 1. The van der Waals surface area contributed by atoms with Crippen LogP contribution in [0.4, 0.5) is 5.69 Å². The molecule has 0 unspecified atom stereocenters. The van der Waals surface area contributed by atoms with E-state index in [9.17, 15) is 0 Å². The number of benzene rings is 1. The lowest BCUT2D eigenvalue weighted by atomic mass is 10.3. The van der Waals surface area contributed by atoms with Gasteiger partial charge in [0.05, 0.1) is 19.3 Å². The summed E-state index contributed by atoms with van der Waals surface area (Å²) < 4.78 is 5.28. The first-order valence-corrected chi connectivity index (χ1v) is 7.80. The lowest BCUT2D eigenvalue weighted by Gasteiger charge is -2.19. The van der Waals surface area contributed by atoms with Gasteiger partial charge in [0.1, 0.15) is 5.75 Å². The first-order valence-electron chi connectivity index (χ1n) is 7.80. The van der Waals surface area contributed by atoms with Gasteiger partial charge >= 0.3 is 0 Å². The van der Waals surface area contributed by atoms with E-state index in [4.69, 9.17) is 10.5 Å². The van der Waals surface area contributed by atoms with E-state index in [0.29, 0.717) is 12.5 Å². The number of nitrogens with zero attached hydrogens (tertiary/aromatic N) is 3. The normalized spacial score (nSPS) is 17.2. The zero-order chi connectivity index (χ0) is 15.8. The lowest BCUT2D eigenvalue weighted by Crippen LogP contribution is -2.32. The van der Waals surface area contributed by atoms with Gasteiger partial charge in [0.25, 0.3) is 0 Å². The van der Waals surface area contributed by atoms with Crippen molar-refractivity contribution in [3.05, 3.63) is 24.3 Å². The summed E-state index contributed by atoms with van der Waals surface area (Å²) in [4.78, 5) is 9.23. The minimum Gasteiger partial charge on any atom is -0.495 e. The highest BCUT2D eigenvalue weighted by atomic mass is 127. The summed E-state index contributed by atoms with van der Waals surface area (Å²) in [7, 11) is 3.82. The molecule has 6 nitrogen and oxygen atoms in total. The van der Waals surface area contributed by atoms with E-state index in [1.807, 2.05) is 24.3 Å². The summed E-state index contributed by atoms with van der Waals surface area (Å²) >= 11 is 0. The average molecular weight is 433 g/mol. The van der Waals surface area contributed by atoms with Crippen LogP contribution in [-0.2, 0) is 0 Å². The highest BCUT2D eigenvalue weighted by Gasteiger charge is 2.11. The zero-order valence-electron chi connectivity index (χ0n) is 14.0. The first kappa shape index (κ1) is 20.0. The van der Waals surface area contributed by atoms with E-state index in [1.54, 1.807) is 7.11 Å². The van der Waals surface area contributed by atoms with Crippen LogP contribution in [0.3, 0.4) is 0 Å². The molecule has 0 aliphatic carbocycles. The van der Waals surface area contributed by atoms with Gasteiger partial charge in [0.2, 0.25) is 0 Å². The molecule has 1 heterocycles. The molecule has 1 aliphatic rings. The maximum Gasteiger partial charge on any atom is 0.193 e. The van der Waals surface area contributed by atoms with Gasteiger partial charge in [-0.3, -0.25) is 4.99 Å². The molecule has 0 atom stereocenters. The maximum atomic E-state index is 5.95. The van der Waals surface area contributed by atoms with Gasteiger partial charge in [0.15, 0.2) is 5.96 Å². The Morgan fingerprint density at radius 3 is 2.83 bits per heavy atom. The van der Waals surface area contributed by atoms with Gasteiger partial charge in [-0.15, -0.1) is 24.0 Å². The number of anilines is 1. The number of hydrogen-bond acceptors (Lipinski definition) is 4. The van der Waals surface area contributed by atoms with Crippen LogP contribution in [0.2, 0.25) is 0 Å². The Labute approximate surface area is 156 Å². The number of para-hydroxylation sites is 2. The number of guanidine groups is 1. The molecule has 0 bridgehead atoms. The lowest BCUT2D eigenvalue weighted by molar-refractivity contribution is 0.283. The molecule has 2 rings (SSSR count). The summed E-state index contributed by atoms with van der Waals surface area (Å²) in [6.45, 7) is 6.20. The SMILES string of the molecule is COc1ccccc1NC(N)=NCCN1CCCN(C)CC1.I. The molecular weight excluding hydrogens is 405 g/mol. The highest BCUT2D eigenvalue weighted by molar-refractivity contribution is 14.0. The number of nitrogens with one attached hydrogen (secondary N) is 1. The number of halogens is 1. The van der Waals surface area contributed by atoms with Crippen molar-refractivity contribution in [1.82, 2.24) is 9.80 Å². The monoisotopic (exact) mass is 433 g/mol. The summed E-state index contributed by atoms with van der Waals surface area (Å²) in [6.07, 6.45) is 1.22. The highest BCUT2D eigenvalue weighted by Crippen LogP contribution is 2.22. The van der Waals surface area contributed by atoms with Crippen LogP contribution in [0.5, 0.6) is 5.75 Å². The molecule has 3 N–H and O–H groups in total. The van der Waals surface area contributed by atoms with Crippen molar-refractivity contribution in [2.75, 3.05) is 58.7 Å². The topological polar surface area (TPSA) is 66.1 Å². The van der Waals surface area contributed by atoms with Crippen LogP contribution in [0, 0.1) is 0 Å². The number of methoxy groups -OCH3 is 1. The molecule has 1 fully saturated rings. The summed E-state index contributed by atoms with van der Waals surface area (Å²) in [5.74, 6) is 1.19. The van der Waals surface area contributed by atoms with Gasteiger partial charge in [-0.25, -0.2) is 0 Å². The van der Waals surface area contributed by atoms with Crippen molar-refractivity contribution in [2.45, 2.75) is 6.42 Å². The third-order valence-corrected chi connectivity index (χ3v) is 3.88. The van der Waals surface area contributed by atoms with E-state index < -0.39 is 0 Å². The molecule has 0 spiro atoms. The molecule has 7 heteroatoms. The zero-order valence-corrected chi connectivity index (χ0v) is 16.3. The van der Waals surface area contributed by atoms with Crippen LogP contribution < -0.4 is 15.8 Å². The van der Waals surface area contributed by atoms with E-state index >= 15 is 0 Å². The molecule has 0 amide bonds. The Morgan fingerprint density at radius 2 is 2.04 bits per heavy atom. The maximum absolute atomic E-state index is 5.95. The number of rotatable bonds is 5. The van der Waals surface area contributed by atoms with Gasteiger partial charge in [-0.2, -0.15) is 0 Å². The number of hydrogen-bond donors (Lipinski definition) is 2. The fourth-order valence-electron chi connectivity index (χ4n) is 2.56. The van der Waals surface area contributed by atoms with Crippen LogP contribution in [0.25, 0.3) is 0 Å². The molecule has 1 aromatic carbocycles. The van der Waals surface area contributed by atoms with Gasteiger partial charge in [0, 0.05) is 19.6 Å². The fourth-order valence-corrected chi connectivity index (χ4v) is 2.56. The number of nitrogens with two attached hydrogens (primary N) is 1. The van der Waals surface area contributed by atoms with Crippen molar-refractivity contribution < 1.29 is 4.74 Å². The van der Waals surface area contributed by atoms with Crippen molar-refractivity contribution in [3.8, 4) is 5.75 Å². The molecular formula is C16H28IN5O. The molecule has 0 aromatic heterocycles. The third kappa shape index (κ3) is 6.92. The van der Waals surface area contributed by atoms with E-state index in [1.165, 1.54) is 13.0 Å². The quantitative estimate of drug-likeness (QED) is 0.420. The average Bonchev–Trinajstić information content (AvgIpc) is 2.72. The molecule has 1 aromatic rings. The second-order valence-electron chi connectivity index (χ2n) is 5.59. The molecule has 1 saturated heterocycles. The van der Waals surface area contributed by atoms with Crippen molar-refractivity contribution in [1.29, 1.82) is 0 Å². The van der Waals surface area contributed by atoms with Crippen molar-refractivity contribution in [2.24, 2.45) is 10.7 Å². The smallest absolute Gasteiger partial charge is 0.193 e. The van der Waals surface area contributed by atoms with Gasteiger partial charge in [-0.05, 0) is 38.7 Å². The molecule has 0 saturated carbocycles. The standard InChI is InChI=1S/C16H27N5O.HI/c1-20-9-5-10-21(13-12-20)11-8-18-16(17)19-14-6-3-4-7-15(14)22-2;/h3-4,6-7H,5,8-13H2,1-2H3,(H3,17,18,19);1H. The van der Waals surface area contributed by atoms with Crippen LogP contribution in [-0.4, -0.2) is 69.2 Å². The van der Waals surface area contributed by atoms with Crippen LogP contribution >= 0.6 is 24.0 Å². The van der Waals surface area contributed by atoms with E-state index in [0.717, 1.165) is 37.6 Å². The van der Waals surface area contributed by atoms with E-state index in [-0.39, 0.29) is 24.0 Å². The summed E-state index contributed by atoms with van der Waals surface area (Å²) in [5, 5.41) is 3.09. The van der Waals surface area contributed by atoms with Gasteiger partial charge in [-0.1, -0.05) is 12.1 Å². The predicted molar refractivity (Wildman–Crippen MR) is 107 cm³/mol. The van der Waals surface area contributed by atoms with Crippen LogP contribution in [0.15, 0.2) is 29.3 Å². The minimum absolute atomic E-state index is 0. The summed E-state index contributed by atoms with van der Waals surface area (Å²) in [6, 6.07) is 7.68. The largest absolute Gasteiger partial charge is 0.495 e. The molecule has 1 aliphatic heterocycles. The minimum atomic E-state index is 0. The Morgan fingerprint density at radius 1 is 1.26 bits per heavy atom. The second-order valence-corrected chi connectivity index (χ2v) is 5.59. The fraction of sp³-hybridized carbons (Fsp3) is 0.562. The summed E-state index contributed by atoms with van der Waals surface area (Å²) in [5.41, 5.74) is 6.79. The predicted octanol–water partition coefficient (Wildman–Crippen LogP) is 1.68. The number of ether oxygens (including phenoxy) is 1. The van der Waals surface area contributed by atoms with Crippen molar-refractivity contribution >= 4 is 35.6 Å².